The van der Waals surface area contributed by atoms with E-state index >= 15 is 0 Å². The molecule has 0 aliphatic heterocycles. The molecule has 1 aromatic heterocycles. The Labute approximate surface area is 111 Å². The number of nitrogens with one attached hydrogen (secondary N) is 1. The lowest BCUT2D eigenvalue weighted by molar-refractivity contribution is 0.221. The molecule has 0 spiro atoms. The van der Waals surface area contributed by atoms with Crippen LogP contribution in [0.4, 0.5) is 0 Å². The van der Waals surface area contributed by atoms with Crippen molar-refractivity contribution >= 4 is 0 Å². The maximum absolute atomic E-state index is 5.74. The molecule has 0 saturated heterocycles. The standard InChI is InChI=1S/C16H27NO/c1-5-10-17-15(16(4)8-6-7-9-16)14-11-12(2)18-13(14)3/h11,15,17H,5-10H2,1-4H3. The Morgan fingerprint density at radius 2 is 2.00 bits per heavy atom. The third-order valence-electron chi connectivity index (χ3n) is 4.43. The summed E-state index contributed by atoms with van der Waals surface area (Å²) in [6.45, 7) is 9.90. The summed E-state index contributed by atoms with van der Waals surface area (Å²) in [5.41, 5.74) is 1.78. The van der Waals surface area contributed by atoms with E-state index in [9.17, 15) is 0 Å². The van der Waals surface area contributed by atoms with Crippen LogP contribution in [0.15, 0.2) is 10.5 Å². The second-order valence-corrected chi connectivity index (χ2v) is 6.12. The fourth-order valence-corrected chi connectivity index (χ4v) is 3.43. The van der Waals surface area contributed by atoms with Gasteiger partial charge >= 0.3 is 0 Å². The van der Waals surface area contributed by atoms with E-state index in [-0.39, 0.29) is 0 Å². The molecule has 1 heterocycles. The van der Waals surface area contributed by atoms with Crippen LogP contribution in [0.5, 0.6) is 0 Å². The smallest absolute Gasteiger partial charge is 0.105 e. The van der Waals surface area contributed by atoms with Crippen molar-refractivity contribution in [3.8, 4) is 0 Å². The van der Waals surface area contributed by atoms with Crippen LogP contribution in [0.3, 0.4) is 0 Å². The van der Waals surface area contributed by atoms with Crippen LogP contribution in [-0.4, -0.2) is 6.54 Å². The average Bonchev–Trinajstić information content (AvgIpc) is 2.87. The summed E-state index contributed by atoms with van der Waals surface area (Å²) >= 11 is 0. The molecule has 0 radical (unpaired) electrons. The van der Waals surface area contributed by atoms with Gasteiger partial charge in [-0.3, -0.25) is 0 Å². The second-order valence-electron chi connectivity index (χ2n) is 6.12. The minimum atomic E-state index is 0.399. The maximum atomic E-state index is 5.74. The monoisotopic (exact) mass is 249 g/mol. The molecule has 18 heavy (non-hydrogen) atoms. The highest BCUT2D eigenvalue weighted by Gasteiger charge is 2.38. The van der Waals surface area contributed by atoms with Crippen LogP contribution in [0.2, 0.25) is 0 Å². The third-order valence-corrected chi connectivity index (χ3v) is 4.43. The summed E-state index contributed by atoms with van der Waals surface area (Å²) in [5.74, 6) is 2.13. The Hall–Kier alpha value is -0.760. The zero-order valence-electron chi connectivity index (χ0n) is 12.3. The topological polar surface area (TPSA) is 25.2 Å². The van der Waals surface area contributed by atoms with Gasteiger partial charge in [0.15, 0.2) is 0 Å². The molecule has 0 aromatic carbocycles. The van der Waals surface area contributed by atoms with E-state index in [1.165, 1.54) is 37.7 Å². The highest BCUT2D eigenvalue weighted by Crippen LogP contribution is 2.48. The minimum Gasteiger partial charge on any atom is -0.466 e. The minimum absolute atomic E-state index is 0.399. The lowest BCUT2D eigenvalue weighted by Crippen LogP contribution is -2.35. The molecule has 1 aromatic rings. The van der Waals surface area contributed by atoms with Gasteiger partial charge in [-0.25, -0.2) is 0 Å². The van der Waals surface area contributed by atoms with Gasteiger partial charge in [0, 0.05) is 11.6 Å². The third kappa shape index (κ3) is 2.64. The molecule has 0 amide bonds. The van der Waals surface area contributed by atoms with Crippen molar-refractivity contribution in [2.45, 2.75) is 65.8 Å². The van der Waals surface area contributed by atoms with Crippen molar-refractivity contribution in [3.05, 3.63) is 23.2 Å². The van der Waals surface area contributed by atoms with Crippen molar-refractivity contribution in [3.63, 3.8) is 0 Å². The van der Waals surface area contributed by atoms with Gasteiger partial charge < -0.3 is 9.73 Å². The van der Waals surface area contributed by atoms with Crippen molar-refractivity contribution in [2.75, 3.05) is 6.54 Å². The number of rotatable bonds is 5. The summed E-state index contributed by atoms with van der Waals surface area (Å²) in [4.78, 5) is 0. The molecule has 1 aliphatic rings. The first kappa shape index (κ1) is 13.7. The lowest BCUT2D eigenvalue weighted by Gasteiger charge is -2.35. The number of hydrogen-bond acceptors (Lipinski definition) is 2. The molecule has 2 rings (SSSR count). The Morgan fingerprint density at radius 3 is 2.50 bits per heavy atom. The first-order chi connectivity index (χ1) is 8.57. The van der Waals surface area contributed by atoms with E-state index in [1.807, 2.05) is 6.92 Å². The fourth-order valence-electron chi connectivity index (χ4n) is 3.43. The number of furan rings is 1. The molecule has 1 aliphatic carbocycles. The fraction of sp³-hybridized carbons (Fsp3) is 0.750. The van der Waals surface area contributed by atoms with Gasteiger partial charge in [-0.1, -0.05) is 26.7 Å². The molecular formula is C16H27NO. The first-order valence-corrected chi connectivity index (χ1v) is 7.37. The molecule has 1 fully saturated rings. The highest BCUT2D eigenvalue weighted by atomic mass is 16.3. The number of hydrogen-bond donors (Lipinski definition) is 1. The summed E-state index contributed by atoms with van der Waals surface area (Å²) in [5, 5.41) is 3.76. The van der Waals surface area contributed by atoms with Crippen LogP contribution in [0.1, 0.15) is 69.1 Å². The molecule has 1 unspecified atom stereocenters. The molecule has 1 atom stereocenters. The quantitative estimate of drug-likeness (QED) is 0.830. The van der Waals surface area contributed by atoms with Crippen LogP contribution in [0, 0.1) is 19.3 Å². The summed E-state index contributed by atoms with van der Waals surface area (Å²) in [6, 6.07) is 2.68. The molecule has 1 N–H and O–H groups in total. The van der Waals surface area contributed by atoms with Crippen molar-refractivity contribution in [1.82, 2.24) is 5.32 Å². The zero-order valence-corrected chi connectivity index (χ0v) is 12.3. The molecule has 0 bridgehead atoms. The summed E-state index contributed by atoms with van der Waals surface area (Å²) < 4.78 is 5.74. The lowest BCUT2D eigenvalue weighted by atomic mass is 9.77. The Morgan fingerprint density at radius 1 is 1.33 bits per heavy atom. The van der Waals surface area contributed by atoms with Crippen LogP contribution in [0.25, 0.3) is 0 Å². The van der Waals surface area contributed by atoms with Gasteiger partial charge in [0.2, 0.25) is 0 Å². The van der Waals surface area contributed by atoms with Crippen molar-refractivity contribution < 1.29 is 4.42 Å². The van der Waals surface area contributed by atoms with E-state index in [4.69, 9.17) is 4.42 Å². The molecule has 1 saturated carbocycles. The first-order valence-electron chi connectivity index (χ1n) is 7.37. The van der Waals surface area contributed by atoms with Gasteiger partial charge in [0.05, 0.1) is 0 Å². The van der Waals surface area contributed by atoms with Gasteiger partial charge in [-0.15, -0.1) is 0 Å². The largest absolute Gasteiger partial charge is 0.466 e. The maximum Gasteiger partial charge on any atom is 0.105 e. The molecule has 2 nitrogen and oxygen atoms in total. The summed E-state index contributed by atoms with van der Waals surface area (Å²) in [7, 11) is 0. The van der Waals surface area contributed by atoms with Gasteiger partial charge in [0.1, 0.15) is 11.5 Å². The van der Waals surface area contributed by atoms with E-state index in [1.54, 1.807) is 0 Å². The van der Waals surface area contributed by atoms with Gasteiger partial charge in [-0.2, -0.15) is 0 Å². The van der Waals surface area contributed by atoms with Crippen LogP contribution < -0.4 is 5.32 Å². The van der Waals surface area contributed by atoms with E-state index in [0.29, 0.717) is 11.5 Å². The Kier molecular flexibility index (Phi) is 4.16. The Balaban J connectivity index is 2.27. The van der Waals surface area contributed by atoms with E-state index < -0.39 is 0 Å². The van der Waals surface area contributed by atoms with Gasteiger partial charge in [0.25, 0.3) is 0 Å². The van der Waals surface area contributed by atoms with Gasteiger partial charge in [-0.05, 0) is 51.1 Å². The van der Waals surface area contributed by atoms with Crippen LogP contribution >= 0.6 is 0 Å². The van der Waals surface area contributed by atoms with Crippen molar-refractivity contribution in [2.24, 2.45) is 5.41 Å². The highest BCUT2D eigenvalue weighted by molar-refractivity contribution is 5.26. The molecule has 2 heteroatoms. The molecule has 102 valence electrons. The zero-order chi connectivity index (χ0) is 13.2. The summed E-state index contributed by atoms with van der Waals surface area (Å²) in [6.07, 6.45) is 6.59. The Bertz CT molecular complexity index is 388. The van der Waals surface area contributed by atoms with E-state index in [2.05, 4.69) is 32.2 Å². The molecular weight excluding hydrogens is 222 g/mol. The predicted molar refractivity (Wildman–Crippen MR) is 75.8 cm³/mol. The average molecular weight is 249 g/mol. The van der Waals surface area contributed by atoms with E-state index in [0.717, 1.165) is 18.1 Å². The second kappa shape index (κ2) is 5.48. The SMILES string of the molecule is CCCNC(c1cc(C)oc1C)C1(C)CCCC1. The predicted octanol–water partition coefficient (Wildman–Crippen LogP) is 4.52. The normalized spacial score (nSPS) is 20.2. The van der Waals surface area contributed by atoms with Crippen LogP contribution in [-0.2, 0) is 0 Å². The number of aryl methyl sites for hydroxylation is 2. The van der Waals surface area contributed by atoms with Crippen molar-refractivity contribution in [1.29, 1.82) is 0 Å².